The molecule has 0 bridgehead atoms. The lowest BCUT2D eigenvalue weighted by Gasteiger charge is -1.83. The average molecular weight is 143 g/mol. The predicted molar refractivity (Wildman–Crippen MR) is 35.4 cm³/mol. The summed E-state index contributed by atoms with van der Waals surface area (Å²) in [5.41, 5.74) is 10.1. The normalized spacial score (nSPS) is 8.89. The van der Waals surface area contributed by atoms with Crippen molar-refractivity contribution in [2.75, 3.05) is 0 Å². The lowest BCUT2D eigenvalue weighted by Crippen LogP contribution is -2.21. The molecule has 1 heterocycles. The second kappa shape index (κ2) is 2.40. The van der Waals surface area contributed by atoms with Gasteiger partial charge in [0, 0.05) is 11.5 Å². The van der Waals surface area contributed by atoms with Crippen LogP contribution in [0.2, 0.25) is 0 Å². The Morgan fingerprint density at radius 3 is 2.89 bits per heavy atom. The summed E-state index contributed by atoms with van der Waals surface area (Å²) in [4.78, 5) is 7.35. The number of nitrogens with zero attached hydrogens (tertiary/aromatic N) is 3. The highest BCUT2D eigenvalue weighted by Gasteiger charge is 1.89. The highest BCUT2D eigenvalue weighted by molar-refractivity contribution is 7.09. The molecule has 1 rings (SSSR count). The Bertz CT molecular complexity index is 198. The van der Waals surface area contributed by atoms with Gasteiger partial charge in [-0.15, -0.1) is 0 Å². The van der Waals surface area contributed by atoms with Crippen LogP contribution in [0.1, 0.15) is 0 Å². The second-order valence-electron chi connectivity index (χ2n) is 1.26. The van der Waals surface area contributed by atoms with E-state index < -0.39 is 0 Å². The molecule has 48 valence electrons. The van der Waals surface area contributed by atoms with Crippen LogP contribution in [-0.2, 0) is 0 Å². The smallest absolute Gasteiger partial charge is 0.231 e. The van der Waals surface area contributed by atoms with Crippen LogP contribution in [0.25, 0.3) is 0 Å². The standard InChI is InChI=1S/C3H5N5S/c4-2(5)8-3-6-1-7-9-3/h1H,(H4,4,5,6,7,8). The lowest BCUT2D eigenvalue weighted by atomic mass is 11.0. The van der Waals surface area contributed by atoms with Crippen molar-refractivity contribution in [3.63, 3.8) is 0 Å². The van der Waals surface area contributed by atoms with Crippen molar-refractivity contribution in [1.82, 2.24) is 9.36 Å². The number of aliphatic imine (C=N–C) groups is 1. The fraction of sp³-hybridized carbons (Fsp3) is 0. The monoisotopic (exact) mass is 143 g/mol. The Labute approximate surface area is 55.6 Å². The van der Waals surface area contributed by atoms with Gasteiger partial charge in [-0.1, -0.05) is 0 Å². The summed E-state index contributed by atoms with van der Waals surface area (Å²) in [6, 6.07) is 0. The van der Waals surface area contributed by atoms with Crippen LogP contribution in [0, 0.1) is 0 Å². The molecule has 6 heteroatoms. The summed E-state index contributed by atoms with van der Waals surface area (Å²) >= 11 is 1.14. The Morgan fingerprint density at radius 1 is 1.67 bits per heavy atom. The van der Waals surface area contributed by atoms with E-state index in [-0.39, 0.29) is 5.96 Å². The van der Waals surface area contributed by atoms with Gasteiger partial charge in [0.15, 0.2) is 5.96 Å². The zero-order valence-corrected chi connectivity index (χ0v) is 5.30. The molecule has 0 saturated heterocycles. The van der Waals surface area contributed by atoms with Gasteiger partial charge in [-0.05, 0) is 0 Å². The van der Waals surface area contributed by atoms with Crippen LogP contribution in [0.3, 0.4) is 0 Å². The Balaban J connectivity index is 2.80. The van der Waals surface area contributed by atoms with Crippen LogP contribution >= 0.6 is 11.5 Å². The zero-order chi connectivity index (χ0) is 6.69. The van der Waals surface area contributed by atoms with Crippen LogP contribution < -0.4 is 11.5 Å². The van der Waals surface area contributed by atoms with E-state index in [0.29, 0.717) is 5.13 Å². The van der Waals surface area contributed by atoms with Gasteiger partial charge in [0.2, 0.25) is 5.13 Å². The quantitative estimate of drug-likeness (QED) is 0.407. The molecule has 0 aliphatic rings. The molecule has 0 radical (unpaired) electrons. The van der Waals surface area contributed by atoms with E-state index in [1.807, 2.05) is 0 Å². The SMILES string of the molecule is NC(N)=Nc1ncns1. The molecule has 0 aromatic carbocycles. The van der Waals surface area contributed by atoms with Gasteiger partial charge in [0.1, 0.15) is 6.33 Å². The topological polar surface area (TPSA) is 90.2 Å². The maximum atomic E-state index is 5.05. The molecule has 0 fully saturated rings. The van der Waals surface area contributed by atoms with Gasteiger partial charge in [-0.2, -0.15) is 9.37 Å². The number of rotatable bonds is 1. The molecule has 0 amide bonds. The molecular formula is C3H5N5S. The number of hydrogen-bond donors (Lipinski definition) is 2. The van der Waals surface area contributed by atoms with Crippen LogP contribution in [-0.4, -0.2) is 15.3 Å². The highest BCUT2D eigenvalue weighted by Crippen LogP contribution is 2.09. The van der Waals surface area contributed by atoms with Gasteiger partial charge in [-0.25, -0.2) is 4.98 Å². The predicted octanol–water partition coefficient (Wildman–Crippen LogP) is -0.557. The van der Waals surface area contributed by atoms with Crippen molar-refractivity contribution >= 4 is 22.6 Å². The van der Waals surface area contributed by atoms with Crippen molar-refractivity contribution < 1.29 is 0 Å². The van der Waals surface area contributed by atoms with Crippen LogP contribution in [0.4, 0.5) is 5.13 Å². The molecule has 0 unspecified atom stereocenters. The van der Waals surface area contributed by atoms with Crippen molar-refractivity contribution in [3.05, 3.63) is 6.33 Å². The summed E-state index contributed by atoms with van der Waals surface area (Å²) in [5, 5.41) is 0.481. The maximum Gasteiger partial charge on any atom is 0.231 e. The maximum absolute atomic E-state index is 5.05. The van der Waals surface area contributed by atoms with E-state index in [4.69, 9.17) is 11.5 Å². The summed E-state index contributed by atoms with van der Waals surface area (Å²) in [6.07, 6.45) is 1.40. The molecule has 0 aliphatic carbocycles. The first kappa shape index (κ1) is 5.96. The third-order valence-corrected chi connectivity index (χ3v) is 1.13. The largest absolute Gasteiger partial charge is 0.370 e. The second-order valence-corrected chi connectivity index (χ2v) is 2.02. The first-order valence-electron chi connectivity index (χ1n) is 2.15. The summed E-state index contributed by atoms with van der Waals surface area (Å²) < 4.78 is 3.69. The summed E-state index contributed by atoms with van der Waals surface area (Å²) in [7, 11) is 0. The summed E-state index contributed by atoms with van der Waals surface area (Å²) in [5.74, 6) is 0.00625. The minimum absolute atomic E-state index is 0.00625. The van der Waals surface area contributed by atoms with Crippen molar-refractivity contribution in [3.8, 4) is 0 Å². The third-order valence-electron chi connectivity index (χ3n) is 0.574. The zero-order valence-electron chi connectivity index (χ0n) is 4.48. The van der Waals surface area contributed by atoms with E-state index in [9.17, 15) is 0 Å². The summed E-state index contributed by atoms with van der Waals surface area (Å²) in [6.45, 7) is 0. The Hall–Kier alpha value is -1.17. The third kappa shape index (κ3) is 1.65. The Morgan fingerprint density at radius 2 is 2.44 bits per heavy atom. The van der Waals surface area contributed by atoms with Gasteiger partial charge >= 0.3 is 0 Å². The van der Waals surface area contributed by atoms with Crippen molar-refractivity contribution in [2.45, 2.75) is 0 Å². The molecule has 0 aliphatic heterocycles. The molecule has 5 nitrogen and oxygen atoms in total. The van der Waals surface area contributed by atoms with Crippen molar-refractivity contribution in [1.29, 1.82) is 0 Å². The lowest BCUT2D eigenvalue weighted by molar-refractivity contribution is 1.29. The van der Waals surface area contributed by atoms with Gasteiger partial charge in [0.25, 0.3) is 0 Å². The van der Waals surface area contributed by atoms with Gasteiger partial charge in [0.05, 0.1) is 0 Å². The fourth-order valence-electron chi connectivity index (χ4n) is 0.327. The first-order valence-corrected chi connectivity index (χ1v) is 2.92. The molecule has 9 heavy (non-hydrogen) atoms. The molecule has 1 aromatic rings. The van der Waals surface area contributed by atoms with E-state index in [2.05, 4.69) is 14.3 Å². The molecule has 0 atom stereocenters. The average Bonchev–Trinajstić information content (AvgIpc) is 2.15. The van der Waals surface area contributed by atoms with Crippen molar-refractivity contribution in [2.24, 2.45) is 16.5 Å². The Kier molecular flexibility index (Phi) is 1.59. The van der Waals surface area contributed by atoms with Gasteiger partial charge < -0.3 is 11.5 Å². The molecule has 1 aromatic heterocycles. The molecule has 0 saturated carbocycles. The van der Waals surface area contributed by atoms with Crippen LogP contribution in [0.5, 0.6) is 0 Å². The van der Waals surface area contributed by atoms with E-state index in [1.165, 1.54) is 6.33 Å². The van der Waals surface area contributed by atoms with E-state index in [0.717, 1.165) is 11.5 Å². The minimum Gasteiger partial charge on any atom is -0.370 e. The van der Waals surface area contributed by atoms with Crippen LogP contribution in [0.15, 0.2) is 11.3 Å². The molecule has 4 N–H and O–H groups in total. The van der Waals surface area contributed by atoms with E-state index in [1.54, 1.807) is 0 Å². The number of hydrogen-bond acceptors (Lipinski definition) is 4. The highest BCUT2D eigenvalue weighted by atomic mass is 32.1. The minimum atomic E-state index is 0.00625. The number of aromatic nitrogens is 2. The molecule has 0 spiro atoms. The first-order chi connectivity index (χ1) is 4.29. The number of nitrogens with two attached hydrogens (primary N) is 2. The van der Waals surface area contributed by atoms with Gasteiger partial charge in [-0.3, -0.25) is 0 Å². The fourth-order valence-corrected chi connectivity index (χ4v) is 0.756. The molecular weight excluding hydrogens is 138 g/mol. The number of guanidine groups is 1. The van der Waals surface area contributed by atoms with E-state index >= 15 is 0 Å².